The first-order valence-electron chi connectivity index (χ1n) is 6.79. The molecule has 1 fully saturated rings. The predicted molar refractivity (Wildman–Crippen MR) is 82.4 cm³/mol. The Morgan fingerprint density at radius 1 is 1.35 bits per heavy atom. The molecule has 0 bridgehead atoms. The van der Waals surface area contributed by atoms with Gasteiger partial charge in [0.2, 0.25) is 5.91 Å². The van der Waals surface area contributed by atoms with Gasteiger partial charge in [0.15, 0.2) is 0 Å². The minimum Gasteiger partial charge on any atom is -0.493 e. The van der Waals surface area contributed by atoms with Gasteiger partial charge in [-0.15, -0.1) is 12.4 Å². The van der Waals surface area contributed by atoms with Gasteiger partial charge < -0.3 is 15.4 Å². The third-order valence-corrected chi connectivity index (χ3v) is 3.36. The molecule has 1 saturated heterocycles. The molecule has 2 N–H and O–H groups in total. The Hall–Kier alpha value is -1.26. The number of nitrogens with two attached hydrogens (primary N) is 1. The molecule has 1 aliphatic heterocycles. The molecule has 1 aliphatic rings. The molecule has 5 heteroatoms. The number of carbonyl (C=O) groups is 1. The van der Waals surface area contributed by atoms with Crippen molar-refractivity contribution in [2.24, 2.45) is 5.73 Å². The Labute approximate surface area is 126 Å². The van der Waals surface area contributed by atoms with Crippen molar-refractivity contribution in [2.75, 3.05) is 19.7 Å². The van der Waals surface area contributed by atoms with Crippen molar-refractivity contribution >= 4 is 18.3 Å². The van der Waals surface area contributed by atoms with Crippen LogP contribution in [0.25, 0.3) is 0 Å². The van der Waals surface area contributed by atoms with Gasteiger partial charge in [-0.25, -0.2) is 0 Å². The van der Waals surface area contributed by atoms with E-state index in [2.05, 4.69) is 6.07 Å². The summed E-state index contributed by atoms with van der Waals surface area (Å²) in [6.45, 7) is 5.96. The molecule has 4 nitrogen and oxygen atoms in total. The maximum atomic E-state index is 11.9. The van der Waals surface area contributed by atoms with E-state index < -0.39 is 0 Å². The number of carbonyl (C=O) groups excluding carboxylic acids is 1. The van der Waals surface area contributed by atoms with E-state index in [4.69, 9.17) is 10.5 Å². The molecule has 112 valence electrons. The Balaban J connectivity index is 0.00000200. The van der Waals surface area contributed by atoms with Gasteiger partial charge >= 0.3 is 0 Å². The molecule has 20 heavy (non-hydrogen) atoms. The molecular formula is C15H23ClN2O2. The Morgan fingerprint density at radius 3 is 2.55 bits per heavy atom. The summed E-state index contributed by atoms with van der Waals surface area (Å²) in [6.07, 6.45) is 1.32. The summed E-state index contributed by atoms with van der Waals surface area (Å²) in [5, 5.41) is 0. The Morgan fingerprint density at radius 2 is 2.00 bits per heavy atom. The highest BCUT2D eigenvalue weighted by atomic mass is 35.5. The molecule has 1 heterocycles. The lowest BCUT2D eigenvalue weighted by Gasteiger charge is -2.16. The van der Waals surface area contributed by atoms with Gasteiger partial charge in [-0.2, -0.15) is 0 Å². The zero-order valence-electron chi connectivity index (χ0n) is 12.1. The van der Waals surface area contributed by atoms with Crippen molar-refractivity contribution in [3.8, 4) is 5.75 Å². The number of aryl methyl sites for hydroxylation is 2. The maximum absolute atomic E-state index is 11.9. The lowest BCUT2D eigenvalue weighted by molar-refractivity contribution is -0.130. The summed E-state index contributed by atoms with van der Waals surface area (Å²) < 4.78 is 5.65. The van der Waals surface area contributed by atoms with E-state index in [0.717, 1.165) is 18.7 Å². The van der Waals surface area contributed by atoms with Gasteiger partial charge in [-0.05, 0) is 43.5 Å². The molecule has 0 saturated carbocycles. The number of halogens is 1. The fourth-order valence-corrected chi connectivity index (χ4v) is 2.44. The summed E-state index contributed by atoms with van der Waals surface area (Å²) in [5.41, 5.74) is 8.14. The number of benzene rings is 1. The lowest BCUT2D eigenvalue weighted by Crippen LogP contribution is -2.32. The van der Waals surface area contributed by atoms with Gasteiger partial charge in [0.05, 0.1) is 13.0 Å². The largest absolute Gasteiger partial charge is 0.493 e. The van der Waals surface area contributed by atoms with Crippen LogP contribution in [0.1, 0.15) is 24.0 Å². The zero-order chi connectivity index (χ0) is 13.8. The number of rotatable bonds is 4. The highest BCUT2D eigenvalue weighted by Crippen LogP contribution is 2.16. The minimum absolute atomic E-state index is 0. The molecule has 1 amide bonds. The van der Waals surface area contributed by atoms with E-state index in [1.807, 2.05) is 30.9 Å². The Kier molecular flexibility index (Phi) is 6.30. The average molecular weight is 299 g/mol. The number of amides is 1. The fourth-order valence-electron chi connectivity index (χ4n) is 2.44. The number of hydrogen-bond donors (Lipinski definition) is 1. The van der Waals surface area contributed by atoms with Gasteiger partial charge in [0.25, 0.3) is 0 Å². The highest BCUT2D eigenvalue weighted by molar-refractivity contribution is 5.85. The highest BCUT2D eigenvalue weighted by Gasteiger charge is 2.23. The molecular weight excluding hydrogens is 276 g/mol. The number of ether oxygens (including phenoxy) is 1. The van der Waals surface area contributed by atoms with Crippen LogP contribution in [0.3, 0.4) is 0 Å². The SMILES string of the molecule is Cc1cc(C)cc(OCCC(=O)N2CC[C@@H](N)C2)c1.Cl. The van der Waals surface area contributed by atoms with Crippen molar-refractivity contribution in [3.05, 3.63) is 29.3 Å². The summed E-state index contributed by atoms with van der Waals surface area (Å²) in [5.74, 6) is 0.973. The molecule has 1 aromatic carbocycles. The molecule has 0 aromatic heterocycles. The summed E-state index contributed by atoms with van der Waals surface area (Å²) in [4.78, 5) is 13.7. The van der Waals surface area contributed by atoms with E-state index in [-0.39, 0.29) is 24.4 Å². The molecule has 0 unspecified atom stereocenters. The number of likely N-dealkylation sites (tertiary alicyclic amines) is 1. The van der Waals surface area contributed by atoms with E-state index in [0.29, 0.717) is 19.6 Å². The fraction of sp³-hybridized carbons (Fsp3) is 0.533. The van der Waals surface area contributed by atoms with Crippen LogP contribution in [0.2, 0.25) is 0 Å². The molecule has 0 radical (unpaired) electrons. The van der Waals surface area contributed by atoms with Crippen LogP contribution < -0.4 is 10.5 Å². The summed E-state index contributed by atoms with van der Waals surface area (Å²) in [6, 6.07) is 6.22. The van der Waals surface area contributed by atoms with Gasteiger partial charge in [-0.3, -0.25) is 4.79 Å². The van der Waals surface area contributed by atoms with E-state index in [1.54, 1.807) is 0 Å². The van der Waals surface area contributed by atoms with E-state index in [9.17, 15) is 4.79 Å². The first kappa shape index (κ1) is 16.8. The average Bonchev–Trinajstić information content (AvgIpc) is 2.74. The van der Waals surface area contributed by atoms with Crippen LogP contribution in [0.4, 0.5) is 0 Å². The quantitative estimate of drug-likeness (QED) is 0.925. The molecule has 2 rings (SSSR count). The summed E-state index contributed by atoms with van der Waals surface area (Å²) in [7, 11) is 0. The number of hydrogen-bond acceptors (Lipinski definition) is 3. The van der Waals surface area contributed by atoms with Crippen molar-refractivity contribution in [3.63, 3.8) is 0 Å². The molecule has 1 atom stereocenters. The second-order valence-electron chi connectivity index (χ2n) is 5.31. The normalized spacial score (nSPS) is 17.8. The molecule has 0 aliphatic carbocycles. The van der Waals surface area contributed by atoms with Crippen molar-refractivity contribution < 1.29 is 9.53 Å². The second kappa shape index (κ2) is 7.50. The standard InChI is InChI=1S/C15H22N2O2.ClH/c1-11-7-12(2)9-14(8-11)19-6-4-15(18)17-5-3-13(16)10-17;/h7-9,13H,3-6,10,16H2,1-2H3;1H/t13-;/m1./s1. The van der Waals surface area contributed by atoms with Crippen LogP contribution in [-0.2, 0) is 4.79 Å². The molecule has 1 aromatic rings. The third-order valence-electron chi connectivity index (χ3n) is 3.36. The minimum atomic E-state index is 0. The van der Waals surface area contributed by atoms with Crippen LogP contribution >= 0.6 is 12.4 Å². The predicted octanol–water partition coefficient (Wildman–Crippen LogP) is 2.05. The Bertz CT molecular complexity index is 445. The van der Waals surface area contributed by atoms with Crippen LogP contribution in [0, 0.1) is 13.8 Å². The maximum Gasteiger partial charge on any atom is 0.226 e. The van der Waals surface area contributed by atoms with Gasteiger partial charge in [0.1, 0.15) is 5.75 Å². The lowest BCUT2D eigenvalue weighted by atomic mass is 10.1. The smallest absolute Gasteiger partial charge is 0.226 e. The van der Waals surface area contributed by atoms with E-state index >= 15 is 0 Å². The van der Waals surface area contributed by atoms with Gasteiger partial charge in [-0.1, -0.05) is 6.07 Å². The van der Waals surface area contributed by atoms with Crippen LogP contribution in [-0.4, -0.2) is 36.5 Å². The topological polar surface area (TPSA) is 55.6 Å². The van der Waals surface area contributed by atoms with Crippen molar-refractivity contribution in [1.82, 2.24) is 4.90 Å². The first-order valence-corrected chi connectivity index (χ1v) is 6.79. The summed E-state index contributed by atoms with van der Waals surface area (Å²) >= 11 is 0. The first-order chi connectivity index (χ1) is 9.04. The zero-order valence-corrected chi connectivity index (χ0v) is 12.9. The van der Waals surface area contributed by atoms with Crippen molar-refractivity contribution in [1.29, 1.82) is 0 Å². The second-order valence-corrected chi connectivity index (χ2v) is 5.31. The number of nitrogens with zero attached hydrogens (tertiary/aromatic N) is 1. The monoisotopic (exact) mass is 298 g/mol. The van der Waals surface area contributed by atoms with Crippen LogP contribution in [0.15, 0.2) is 18.2 Å². The van der Waals surface area contributed by atoms with Crippen molar-refractivity contribution in [2.45, 2.75) is 32.7 Å². The van der Waals surface area contributed by atoms with Gasteiger partial charge in [0, 0.05) is 19.1 Å². The van der Waals surface area contributed by atoms with E-state index in [1.165, 1.54) is 11.1 Å². The molecule has 0 spiro atoms. The van der Waals surface area contributed by atoms with Crippen LogP contribution in [0.5, 0.6) is 5.75 Å². The third kappa shape index (κ3) is 4.69.